The number of aromatic nitrogens is 1. The molecular formula is C13H17NO3. The van der Waals surface area contributed by atoms with Crippen LogP contribution in [0.3, 0.4) is 0 Å². The maximum Gasteiger partial charge on any atom is 0.343 e. The summed E-state index contributed by atoms with van der Waals surface area (Å²) in [6.45, 7) is 2.84. The number of hydrogen-bond acceptors (Lipinski definition) is 4. The van der Waals surface area contributed by atoms with Gasteiger partial charge in [-0.15, -0.1) is 0 Å². The van der Waals surface area contributed by atoms with Gasteiger partial charge in [0.25, 0.3) is 0 Å². The molecule has 0 radical (unpaired) electrons. The molecule has 0 saturated heterocycles. The van der Waals surface area contributed by atoms with Crippen molar-refractivity contribution < 1.29 is 14.3 Å². The summed E-state index contributed by atoms with van der Waals surface area (Å²) in [6.07, 6.45) is 6.73. The van der Waals surface area contributed by atoms with Crippen LogP contribution in [0.1, 0.15) is 36.5 Å². The second-order valence-corrected chi connectivity index (χ2v) is 4.82. The fourth-order valence-corrected chi connectivity index (χ4v) is 1.95. The van der Waals surface area contributed by atoms with E-state index in [0.29, 0.717) is 17.9 Å². The molecule has 1 aliphatic carbocycles. The Morgan fingerprint density at radius 2 is 2.29 bits per heavy atom. The summed E-state index contributed by atoms with van der Waals surface area (Å²) in [4.78, 5) is 15.4. The van der Waals surface area contributed by atoms with E-state index in [0.717, 1.165) is 0 Å². The lowest BCUT2D eigenvalue weighted by molar-refractivity contribution is 0.0572. The number of pyridine rings is 1. The number of methoxy groups -OCH3 is 1. The molecule has 0 spiro atoms. The number of carbonyl (C=O) groups excluding carboxylic acids is 1. The summed E-state index contributed by atoms with van der Waals surface area (Å²) in [5.41, 5.74) is 0.648. The maximum atomic E-state index is 11.5. The van der Waals surface area contributed by atoms with Gasteiger partial charge in [-0.3, -0.25) is 4.98 Å². The van der Waals surface area contributed by atoms with Crippen molar-refractivity contribution in [3.63, 3.8) is 0 Å². The average molecular weight is 235 g/mol. The highest BCUT2D eigenvalue weighted by Gasteiger charge is 2.32. The number of esters is 1. The lowest BCUT2D eigenvalue weighted by Gasteiger charge is -2.37. The second-order valence-electron chi connectivity index (χ2n) is 4.82. The van der Waals surface area contributed by atoms with E-state index < -0.39 is 5.97 Å². The van der Waals surface area contributed by atoms with E-state index in [1.807, 2.05) is 0 Å². The summed E-state index contributed by atoms with van der Waals surface area (Å²) < 4.78 is 10.4. The molecule has 4 heteroatoms. The van der Waals surface area contributed by atoms with Gasteiger partial charge in [0.2, 0.25) is 0 Å². The van der Waals surface area contributed by atoms with Gasteiger partial charge >= 0.3 is 5.97 Å². The zero-order valence-electron chi connectivity index (χ0n) is 10.2. The van der Waals surface area contributed by atoms with Crippen LogP contribution in [0.4, 0.5) is 0 Å². The standard InChI is InChI=1S/C13H17NO3/c1-13(5-3-6-13)9-17-11-4-7-14-8-10(11)12(15)16-2/h4,7-8H,3,5-6,9H2,1-2H3. The molecule has 0 amide bonds. The molecule has 0 atom stereocenters. The van der Waals surface area contributed by atoms with Crippen LogP contribution in [0.25, 0.3) is 0 Å². The first-order valence-electron chi connectivity index (χ1n) is 5.80. The Morgan fingerprint density at radius 1 is 1.53 bits per heavy atom. The predicted molar refractivity (Wildman–Crippen MR) is 63.0 cm³/mol. The van der Waals surface area contributed by atoms with E-state index in [4.69, 9.17) is 9.47 Å². The first-order chi connectivity index (χ1) is 8.14. The SMILES string of the molecule is COC(=O)c1cnccc1OCC1(C)CCC1. The van der Waals surface area contributed by atoms with Crippen molar-refractivity contribution in [2.75, 3.05) is 13.7 Å². The van der Waals surface area contributed by atoms with Crippen LogP contribution in [0.2, 0.25) is 0 Å². The topological polar surface area (TPSA) is 48.4 Å². The minimum atomic E-state index is -0.410. The van der Waals surface area contributed by atoms with Gasteiger partial charge < -0.3 is 9.47 Å². The smallest absolute Gasteiger partial charge is 0.343 e. The summed E-state index contributed by atoms with van der Waals surface area (Å²) in [7, 11) is 1.35. The van der Waals surface area contributed by atoms with Crippen molar-refractivity contribution in [1.82, 2.24) is 4.98 Å². The summed E-state index contributed by atoms with van der Waals surface area (Å²) >= 11 is 0. The molecule has 1 heterocycles. The van der Waals surface area contributed by atoms with Crippen molar-refractivity contribution in [1.29, 1.82) is 0 Å². The van der Waals surface area contributed by atoms with Gasteiger partial charge in [-0.1, -0.05) is 13.3 Å². The molecular weight excluding hydrogens is 218 g/mol. The highest BCUT2D eigenvalue weighted by molar-refractivity contribution is 5.91. The van der Waals surface area contributed by atoms with Gasteiger partial charge in [-0.25, -0.2) is 4.79 Å². The van der Waals surface area contributed by atoms with Crippen LogP contribution in [0, 0.1) is 5.41 Å². The molecule has 1 aromatic rings. The van der Waals surface area contributed by atoms with Crippen molar-refractivity contribution in [3.8, 4) is 5.75 Å². The molecule has 1 aromatic heterocycles. The molecule has 0 bridgehead atoms. The first kappa shape index (κ1) is 11.9. The minimum Gasteiger partial charge on any atom is -0.492 e. The Labute approximate surface area is 101 Å². The minimum absolute atomic E-state index is 0.261. The fourth-order valence-electron chi connectivity index (χ4n) is 1.95. The van der Waals surface area contributed by atoms with Crippen LogP contribution in [-0.4, -0.2) is 24.7 Å². The zero-order chi connectivity index (χ0) is 12.3. The Bertz CT molecular complexity index is 413. The van der Waals surface area contributed by atoms with Crippen molar-refractivity contribution in [2.24, 2.45) is 5.41 Å². The Balaban J connectivity index is 2.07. The molecule has 4 nitrogen and oxygen atoms in total. The number of hydrogen-bond donors (Lipinski definition) is 0. The largest absolute Gasteiger partial charge is 0.492 e. The van der Waals surface area contributed by atoms with Gasteiger partial charge in [0.05, 0.1) is 13.7 Å². The molecule has 0 aromatic carbocycles. The first-order valence-corrected chi connectivity index (χ1v) is 5.80. The molecule has 17 heavy (non-hydrogen) atoms. The van der Waals surface area contributed by atoms with E-state index in [1.165, 1.54) is 32.6 Å². The molecule has 2 rings (SSSR count). The molecule has 1 aliphatic rings. The fraction of sp³-hybridized carbons (Fsp3) is 0.538. The molecule has 0 N–H and O–H groups in total. The Morgan fingerprint density at radius 3 is 2.88 bits per heavy atom. The molecule has 1 saturated carbocycles. The van der Waals surface area contributed by atoms with Gasteiger partial charge in [0.15, 0.2) is 0 Å². The van der Waals surface area contributed by atoms with Gasteiger partial charge in [-0.05, 0) is 18.9 Å². The maximum absolute atomic E-state index is 11.5. The third kappa shape index (κ3) is 2.57. The van der Waals surface area contributed by atoms with Crippen LogP contribution in [-0.2, 0) is 4.74 Å². The predicted octanol–water partition coefficient (Wildman–Crippen LogP) is 2.44. The number of carbonyl (C=O) groups is 1. The van der Waals surface area contributed by atoms with Gasteiger partial charge in [0, 0.05) is 17.8 Å². The molecule has 92 valence electrons. The van der Waals surface area contributed by atoms with Crippen LogP contribution in [0.5, 0.6) is 5.75 Å². The van der Waals surface area contributed by atoms with Crippen LogP contribution in [0.15, 0.2) is 18.5 Å². The van der Waals surface area contributed by atoms with E-state index in [9.17, 15) is 4.79 Å². The lowest BCUT2D eigenvalue weighted by Crippen LogP contribution is -2.32. The molecule has 0 unspecified atom stereocenters. The summed E-state index contributed by atoms with van der Waals surface area (Å²) in [5, 5.41) is 0. The Hall–Kier alpha value is -1.58. The van der Waals surface area contributed by atoms with Crippen LogP contribution >= 0.6 is 0 Å². The number of ether oxygens (including phenoxy) is 2. The van der Waals surface area contributed by atoms with E-state index in [-0.39, 0.29) is 5.41 Å². The zero-order valence-corrected chi connectivity index (χ0v) is 10.2. The number of rotatable bonds is 4. The van der Waals surface area contributed by atoms with E-state index in [2.05, 4.69) is 11.9 Å². The Kier molecular flexibility index (Phi) is 3.31. The van der Waals surface area contributed by atoms with Crippen molar-refractivity contribution >= 4 is 5.97 Å². The third-order valence-corrected chi connectivity index (χ3v) is 3.32. The highest BCUT2D eigenvalue weighted by Crippen LogP contribution is 2.40. The molecule has 0 aliphatic heterocycles. The summed E-state index contributed by atoms with van der Waals surface area (Å²) in [5.74, 6) is 0.145. The second kappa shape index (κ2) is 4.73. The highest BCUT2D eigenvalue weighted by atomic mass is 16.5. The normalized spacial score (nSPS) is 17.1. The third-order valence-electron chi connectivity index (χ3n) is 3.32. The molecule has 1 fully saturated rings. The van der Waals surface area contributed by atoms with E-state index >= 15 is 0 Å². The quantitative estimate of drug-likeness (QED) is 0.752. The summed E-state index contributed by atoms with van der Waals surface area (Å²) in [6, 6.07) is 1.70. The average Bonchev–Trinajstić information content (AvgIpc) is 2.33. The van der Waals surface area contributed by atoms with Gasteiger partial charge in [-0.2, -0.15) is 0 Å². The van der Waals surface area contributed by atoms with Crippen molar-refractivity contribution in [2.45, 2.75) is 26.2 Å². The lowest BCUT2D eigenvalue weighted by atomic mass is 9.71. The monoisotopic (exact) mass is 235 g/mol. The van der Waals surface area contributed by atoms with Gasteiger partial charge in [0.1, 0.15) is 11.3 Å². The van der Waals surface area contributed by atoms with E-state index in [1.54, 1.807) is 12.3 Å². The van der Waals surface area contributed by atoms with Crippen molar-refractivity contribution in [3.05, 3.63) is 24.0 Å². The number of nitrogens with zero attached hydrogens (tertiary/aromatic N) is 1. The van der Waals surface area contributed by atoms with Crippen LogP contribution < -0.4 is 4.74 Å².